The highest BCUT2D eigenvalue weighted by atomic mass is 16.5. The summed E-state index contributed by atoms with van der Waals surface area (Å²) in [4.78, 5) is 11.0. The molecular formula is C11H14O4. The van der Waals surface area contributed by atoms with Gasteiger partial charge in [0.25, 0.3) is 0 Å². The Morgan fingerprint density at radius 3 is 2.40 bits per heavy atom. The summed E-state index contributed by atoms with van der Waals surface area (Å²) < 4.78 is 10.1. The van der Waals surface area contributed by atoms with Crippen molar-refractivity contribution in [2.45, 2.75) is 13.3 Å². The second kappa shape index (κ2) is 4.68. The van der Waals surface area contributed by atoms with Crippen LogP contribution in [0.1, 0.15) is 22.8 Å². The number of hydrogen-bond acceptors (Lipinski definition) is 3. The van der Waals surface area contributed by atoms with E-state index in [2.05, 4.69) is 0 Å². The van der Waals surface area contributed by atoms with Crippen LogP contribution in [0.4, 0.5) is 0 Å². The molecule has 0 radical (unpaired) electrons. The van der Waals surface area contributed by atoms with Crippen LogP contribution >= 0.6 is 0 Å². The van der Waals surface area contributed by atoms with E-state index in [4.69, 9.17) is 14.6 Å². The predicted octanol–water partition coefficient (Wildman–Crippen LogP) is 1.96. The first-order chi connectivity index (χ1) is 7.13. The van der Waals surface area contributed by atoms with E-state index in [9.17, 15) is 4.79 Å². The fraction of sp³-hybridized carbons (Fsp3) is 0.364. The summed E-state index contributed by atoms with van der Waals surface area (Å²) >= 11 is 0. The van der Waals surface area contributed by atoms with Crippen molar-refractivity contribution < 1.29 is 19.4 Å². The quantitative estimate of drug-likeness (QED) is 0.825. The first-order valence-corrected chi connectivity index (χ1v) is 4.62. The molecule has 1 aromatic carbocycles. The van der Waals surface area contributed by atoms with Crippen LogP contribution in [0.2, 0.25) is 0 Å². The van der Waals surface area contributed by atoms with Gasteiger partial charge < -0.3 is 14.6 Å². The normalized spacial score (nSPS) is 9.80. The van der Waals surface area contributed by atoms with E-state index in [0.29, 0.717) is 23.5 Å². The number of methoxy groups -OCH3 is 2. The van der Waals surface area contributed by atoms with E-state index < -0.39 is 5.97 Å². The third-order valence-electron chi connectivity index (χ3n) is 2.21. The molecule has 0 spiro atoms. The Bertz CT molecular complexity index is 346. The van der Waals surface area contributed by atoms with Crippen molar-refractivity contribution in [1.29, 1.82) is 0 Å². The van der Waals surface area contributed by atoms with Gasteiger partial charge in [0.15, 0.2) is 0 Å². The van der Waals surface area contributed by atoms with Crippen molar-refractivity contribution in [1.82, 2.24) is 0 Å². The minimum Gasteiger partial charge on any atom is -0.497 e. The molecule has 0 amide bonds. The first-order valence-electron chi connectivity index (χ1n) is 4.62. The van der Waals surface area contributed by atoms with Crippen LogP contribution in [0.15, 0.2) is 12.1 Å². The highest BCUT2D eigenvalue weighted by molar-refractivity contribution is 5.93. The smallest absolute Gasteiger partial charge is 0.339 e. The van der Waals surface area contributed by atoms with E-state index in [1.54, 1.807) is 12.1 Å². The lowest BCUT2D eigenvalue weighted by atomic mass is 10.0. The molecule has 4 nitrogen and oxygen atoms in total. The van der Waals surface area contributed by atoms with E-state index in [-0.39, 0.29) is 5.56 Å². The number of rotatable bonds is 4. The Morgan fingerprint density at radius 1 is 1.33 bits per heavy atom. The Kier molecular flexibility index (Phi) is 3.55. The summed E-state index contributed by atoms with van der Waals surface area (Å²) in [5, 5.41) is 9.05. The molecule has 1 aromatic rings. The van der Waals surface area contributed by atoms with E-state index in [0.717, 1.165) is 0 Å². The molecule has 0 aliphatic heterocycles. The third kappa shape index (κ3) is 2.21. The average Bonchev–Trinajstić information content (AvgIpc) is 2.26. The van der Waals surface area contributed by atoms with Gasteiger partial charge in [-0.15, -0.1) is 0 Å². The van der Waals surface area contributed by atoms with Gasteiger partial charge in [-0.1, -0.05) is 6.92 Å². The molecule has 4 heteroatoms. The van der Waals surface area contributed by atoms with Gasteiger partial charge in [-0.25, -0.2) is 4.79 Å². The number of carbonyl (C=O) groups is 1. The number of benzene rings is 1. The van der Waals surface area contributed by atoms with Crippen molar-refractivity contribution in [2.24, 2.45) is 0 Å². The molecule has 0 atom stereocenters. The molecular weight excluding hydrogens is 196 g/mol. The van der Waals surface area contributed by atoms with Crippen LogP contribution in [-0.4, -0.2) is 25.3 Å². The number of carboxylic acid groups (broad SMARTS) is 1. The fourth-order valence-electron chi connectivity index (χ4n) is 1.45. The van der Waals surface area contributed by atoms with Crippen molar-refractivity contribution in [3.63, 3.8) is 0 Å². The lowest BCUT2D eigenvalue weighted by Crippen LogP contribution is -2.05. The maximum Gasteiger partial charge on any atom is 0.339 e. The largest absolute Gasteiger partial charge is 0.497 e. The van der Waals surface area contributed by atoms with E-state index in [1.807, 2.05) is 6.92 Å². The monoisotopic (exact) mass is 210 g/mol. The molecule has 0 aliphatic carbocycles. The van der Waals surface area contributed by atoms with Crippen molar-refractivity contribution in [2.75, 3.05) is 14.2 Å². The fourth-order valence-corrected chi connectivity index (χ4v) is 1.45. The van der Waals surface area contributed by atoms with Gasteiger partial charge in [-0.2, -0.15) is 0 Å². The average molecular weight is 210 g/mol. The molecule has 1 N–H and O–H groups in total. The van der Waals surface area contributed by atoms with Gasteiger partial charge in [-0.3, -0.25) is 0 Å². The van der Waals surface area contributed by atoms with Crippen molar-refractivity contribution >= 4 is 5.97 Å². The summed E-state index contributed by atoms with van der Waals surface area (Å²) in [7, 11) is 2.98. The summed E-state index contributed by atoms with van der Waals surface area (Å²) in [6.45, 7) is 1.89. The molecule has 0 unspecified atom stereocenters. The molecule has 0 heterocycles. The third-order valence-corrected chi connectivity index (χ3v) is 2.21. The minimum atomic E-state index is -0.980. The highest BCUT2D eigenvalue weighted by Crippen LogP contribution is 2.29. The summed E-state index contributed by atoms with van der Waals surface area (Å²) in [5.41, 5.74) is 0.916. The second-order valence-corrected chi connectivity index (χ2v) is 3.02. The maximum absolute atomic E-state index is 11.0. The number of ether oxygens (including phenoxy) is 2. The van der Waals surface area contributed by atoms with Crippen LogP contribution < -0.4 is 9.47 Å². The molecule has 0 bridgehead atoms. The maximum atomic E-state index is 11.0. The number of carboxylic acids is 1. The van der Waals surface area contributed by atoms with Gasteiger partial charge in [0, 0.05) is 6.07 Å². The standard InChI is InChI=1S/C11H14O4/c1-4-7-5-8(14-2)6-9(15-3)10(7)11(12)13/h5-6H,4H2,1-3H3,(H,12,13). The van der Waals surface area contributed by atoms with Crippen LogP contribution in [0.3, 0.4) is 0 Å². The molecule has 0 aliphatic rings. The van der Waals surface area contributed by atoms with Crippen LogP contribution in [-0.2, 0) is 6.42 Å². The SMILES string of the molecule is CCc1cc(OC)cc(OC)c1C(=O)O. The zero-order valence-corrected chi connectivity index (χ0v) is 9.03. The number of aromatic carboxylic acids is 1. The topological polar surface area (TPSA) is 55.8 Å². The second-order valence-electron chi connectivity index (χ2n) is 3.02. The minimum absolute atomic E-state index is 0.209. The van der Waals surface area contributed by atoms with Gasteiger partial charge in [0.05, 0.1) is 14.2 Å². The summed E-state index contributed by atoms with van der Waals surface area (Å²) in [6, 6.07) is 3.29. The molecule has 15 heavy (non-hydrogen) atoms. The number of hydrogen-bond donors (Lipinski definition) is 1. The Morgan fingerprint density at radius 2 is 2.00 bits per heavy atom. The molecule has 0 saturated heterocycles. The number of aryl methyl sites for hydroxylation is 1. The van der Waals surface area contributed by atoms with Crippen LogP contribution in [0.25, 0.3) is 0 Å². The van der Waals surface area contributed by atoms with E-state index >= 15 is 0 Å². The molecule has 82 valence electrons. The lowest BCUT2D eigenvalue weighted by Gasteiger charge is -2.11. The first kappa shape index (κ1) is 11.4. The van der Waals surface area contributed by atoms with Gasteiger partial charge >= 0.3 is 5.97 Å². The molecule has 0 aromatic heterocycles. The summed E-state index contributed by atoms with van der Waals surface area (Å²) in [6.07, 6.45) is 0.620. The summed E-state index contributed by atoms with van der Waals surface area (Å²) in [5.74, 6) is -0.0428. The highest BCUT2D eigenvalue weighted by Gasteiger charge is 2.17. The van der Waals surface area contributed by atoms with Crippen molar-refractivity contribution in [3.05, 3.63) is 23.3 Å². The Hall–Kier alpha value is -1.71. The van der Waals surface area contributed by atoms with Crippen LogP contribution in [0, 0.1) is 0 Å². The zero-order chi connectivity index (χ0) is 11.4. The lowest BCUT2D eigenvalue weighted by molar-refractivity contribution is 0.0692. The zero-order valence-electron chi connectivity index (χ0n) is 9.03. The predicted molar refractivity (Wildman–Crippen MR) is 55.9 cm³/mol. The van der Waals surface area contributed by atoms with Crippen LogP contribution in [0.5, 0.6) is 11.5 Å². The van der Waals surface area contributed by atoms with Gasteiger partial charge in [0.2, 0.25) is 0 Å². The Labute approximate surface area is 88.4 Å². The molecule has 0 fully saturated rings. The van der Waals surface area contributed by atoms with Crippen molar-refractivity contribution in [3.8, 4) is 11.5 Å². The molecule has 0 saturated carbocycles. The van der Waals surface area contributed by atoms with Gasteiger partial charge in [-0.05, 0) is 18.1 Å². The van der Waals surface area contributed by atoms with Gasteiger partial charge in [0.1, 0.15) is 17.1 Å². The Balaban J connectivity index is 3.39. The molecule has 1 rings (SSSR count). The van der Waals surface area contributed by atoms with E-state index in [1.165, 1.54) is 14.2 Å².